The normalized spacial score (nSPS) is 19.3. The van der Waals surface area contributed by atoms with E-state index in [1.54, 1.807) is 17.9 Å². The number of aliphatic hydroxyl groups excluding tert-OH is 1. The van der Waals surface area contributed by atoms with E-state index in [0.29, 0.717) is 32.2 Å². The number of aliphatic hydroxyl groups is 1. The number of hydrogen-bond donors (Lipinski definition) is 4. The van der Waals surface area contributed by atoms with Crippen LogP contribution in [0.3, 0.4) is 0 Å². The molecule has 3 heterocycles. The predicted molar refractivity (Wildman–Crippen MR) is 196 cm³/mol. The lowest BCUT2D eigenvalue weighted by Gasteiger charge is -2.40. The molecule has 3 aromatic carbocycles. The maximum atomic E-state index is 12.5. The molecule has 2 fully saturated rings. The molecule has 4 N–H and O–H groups in total. The van der Waals surface area contributed by atoms with E-state index in [0.717, 1.165) is 78.5 Å². The molecule has 4 aromatic rings. The van der Waals surface area contributed by atoms with E-state index < -0.39 is 12.2 Å². The first kappa shape index (κ1) is 37.1. The largest absolute Gasteiger partial charge is 0.392 e. The lowest BCUT2D eigenvalue weighted by atomic mass is 9.98. The maximum absolute atomic E-state index is 12.5. The fourth-order valence-electron chi connectivity index (χ4n) is 6.72. The quantitative estimate of drug-likeness (QED) is 0.0749. The zero-order valence-electron chi connectivity index (χ0n) is 29.4. The fourth-order valence-corrected chi connectivity index (χ4v) is 6.72. The zero-order valence-corrected chi connectivity index (χ0v) is 29.4. The summed E-state index contributed by atoms with van der Waals surface area (Å²) in [7, 11) is 0. The van der Waals surface area contributed by atoms with Crippen LogP contribution in [0.4, 0.5) is 5.95 Å². The van der Waals surface area contributed by atoms with Crippen LogP contribution in [0.1, 0.15) is 73.2 Å². The molecule has 1 aromatic heterocycles. The van der Waals surface area contributed by atoms with E-state index in [2.05, 4.69) is 49.4 Å². The molecular weight excluding hydrogens is 660 g/mol. The first-order chi connectivity index (χ1) is 25.5. The first-order valence-electron chi connectivity index (χ1n) is 18.1. The summed E-state index contributed by atoms with van der Waals surface area (Å²) in [5, 5.41) is 21.2. The Bertz CT molecular complexity index is 1730. The van der Waals surface area contributed by atoms with Crippen molar-refractivity contribution in [1.82, 2.24) is 25.7 Å². The van der Waals surface area contributed by atoms with Crippen molar-refractivity contribution >= 4 is 17.8 Å². The monoisotopic (exact) mass is 708 g/mol. The van der Waals surface area contributed by atoms with Crippen molar-refractivity contribution < 1.29 is 29.4 Å². The van der Waals surface area contributed by atoms with Crippen LogP contribution in [0.15, 0.2) is 91.3 Å². The third-order valence-electron chi connectivity index (χ3n) is 9.63. The highest BCUT2D eigenvalue weighted by Gasteiger charge is 2.34. The third kappa shape index (κ3) is 10.4. The Morgan fingerprint density at radius 2 is 1.48 bits per heavy atom. The highest BCUT2D eigenvalue weighted by Crippen LogP contribution is 2.39. The van der Waals surface area contributed by atoms with Gasteiger partial charge in [-0.3, -0.25) is 19.7 Å². The minimum Gasteiger partial charge on any atom is -0.392 e. The van der Waals surface area contributed by atoms with Crippen LogP contribution < -0.4 is 15.7 Å². The number of unbranched alkanes of at least 4 members (excludes halogenated alkanes) is 2. The Morgan fingerprint density at radius 1 is 0.769 bits per heavy atom. The molecule has 0 unspecified atom stereocenters. The van der Waals surface area contributed by atoms with Gasteiger partial charge in [0.1, 0.15) is 0 Å². The van der Waals surface area contributed by atoms with Gasteiger partial charge in [0.05, 0.1) is 18.8 Å². The van der Waals surface area contributed by atoms with Crippen LogP contribution >= 0.6 is 0 Å². The molecule has 2 aliphatic rings. The number of hydrogen-bond acceptors (Lipinski definition) is 10. The second kappa shape index (κ2) is 18.7. The van der Waals surface area contributed by atoms with Crippen molar-refractivity contribution in [1.29, 1.82) is 0 Å². The Hall–Kier alpha value is -4.72. The molecule has 274 valence electrons. The molecule has 0 bridgehead atoms. The number of ether oxygens (including phenoxy) is 2. The maximum Gasteiger partial charge on any atom is 0.243 e. The number of piperazine rings is 1. The fraction of sp³-hybridized carbons (Fsp3) is 0.400. The van der Waals surface area contributed by atoms with Crippen LogP contribution in [0.25, 0.3) is 11.1 Å². The topological polar surface area (TPSA) is 149 Å². The average molecular weight is 709 g/mol. The third-order valence-corrected chi connectivity index (χ3v) is 9.63. The Balaban J connectivity index is 1.10. The second-order valence-electron chi connectivity index (χ2n) is 13.4. The van der Waals surface area contributed by atoms with E-state index in [1.807, 2.05) is 54.6 Å². The van der Waals surface area contributed by atoms with Gasteiger partial charge >= 0.3 is 0 Å². The van der Waals surface area contributed by atoms with Gasteiger partial charge in [0.15, 0.2) is 6.29 Å². The number of carbonyl (C=O) groups is 2. The van der Waals surface area contributed by atoms with Gasteiger partial charge in [-0.1, -0.05) is 67.1 Å². The molecular formula is C40H48N6O6. The van der Waals surface area contributed by atoms with Gasteiger partial charge in [-0.05, 0) is 58.9 Å². The number of benzene rings is 3. The molecule has 2 saturated heterocycles. The van der Waals surface area contributed by atoms with Crippen molar-refractivity contribution in [3.05, 3.63) is 114 Å². The van der Waals surface area contributed by atoms with Crippen molar-refractivity contribution in [2.24, 2.45) is 0 Å². The summed E-state index contributed by atoms with van der Waals surface area (Å²) in [6.07, 6.45) is 6.14. The van der Waals surface area contributed by atoms with Crippen molar-refractivity contribution in [3.63, 3.8) is 0 Å². The number of nitrogens with one attached hydrogen (secondary N) is 2. The molecule has 12 heteroatoms. The Morgan fingerprint density at radius 3 is 2.21 bits per heavy atom. The first-order valence-corrected chi connectivity index (χ1v) is 18.1. The van der Waals surface area contributed by atoms with E-state index in [-0.39, 0.29) is 31.1 Å². The van der Waals surface area contributed by atoms with Crippen molar-refractivity contribution in [2.75, 3.05) is 37.6 Å². The van der Waals surface area contributed by atoms with Crippen LogP contribution in [0, 0.1) is 0 Å². The Kier molecular flexibility index (Phi) is 13.3. The van der Waals surface area contributed by atoms with Crippen LogP contribution in [-0.2, 0) is 32.2 Å². The van der Waals surface area contributed by atoms with Crippen molar-refractivity contribution in [2.45, 2.75) is 70.2 Å². The molecule has 0 saturated carbocycles. The molecule has 0 radical (unpaired) electrons. The van der Waals surface area contributed by atoms with Crippen LogP contribution in [0.5, 0.6) is 0 Å². The summed E-state index contributed by atoms with van der Waals surface area (Å²) >= 11 is 0. The van der Waals surface area contributed by atoms with E-state index in [4.69, 9.17) is 14.7 Å². The van der Waals surface area contributed by atoms with Gasteiger partial charge in [0.25, 0.3) is 0 Å². The van der Waals surface area contributed by atoms with Gasteiger partial charge < -0.3 is 24.8 Å². The number of carbonyl (C=O) groups excluding carboxylic acids is 2. The van der Waals surface area contributed by atoms with E-state index >= 15 is 0 Å². The summed E-state index contributed by atoms with van der Waals surface area (Å²) in [5.74, 6) is 0.322. The summed E-state index contributed by atoms with van der Waals surface area (Å²) in [5.41, 5.74) is 7.52. The number of hydroxylamine groups is 1. The standard InChI is InChI=1S/C40H48N6O6/c47-28-29-13-15-31(16-14-29)36-25-35(27-45-19-21-46(22-20-45)40-41-17-6-18-42-40)51-39(52-36)34-10-5-9-33(24-34)32-8-4-7-30(23-32)26-43-37(48)11-2-1-3-12-38(49)44-50/h4-10,13-18,23-24,35-36,39,47,50H,1-3,11-12,19-22,25-28H2,(H,43,48)(H,44,49)/t35-,36+,39+/m0/s1. The molecule has 52 heavy (non-hydrogen) atoms. The van der Waals surface area contributed by atoms with Gasteiger partial charge in [0, 0.05) is 76.5 Å². The molecule has 0 spiro atoms. The summed E-state index contributed by atoms with van der Waals surface area (Å²) < 4.78 is 13.4. The number of nitrogens with zero attached hydrogens (tertiary/aromatic N) is 4. The van der Waals surface area contributed by atoms with Gasteiger partial charge in [-0.2, -0.15) is 0 Å². The minimum absolute atomic E-state index is 0.00439. The highest BCUT2D eigenvalue weighted by molar-refractivity contribution is 5.76. The minimum atomic E-state index is -0.569. The number of anilines is 1. The van der Waals surface area contributed by atoms with Gasteiger partial charge in [-0.25, -0.2) is 15.4 Å². The highest BCUT2D eigenvalue weighted by atomic mass is 16.7. The molecule has 12 nitrogen and oxygen atoms in total. The Labute approximate surface area is 304 Å². The van der Waals surface area contributed by atoms with Crippen LogP contribution in [-0.4, -0.2) is 75.8 Å². The summed E-state index contributed by atoms with van der Waals surface area (Å²) in [6, 6.07) is 26.2. The summed E-state index contributed by atoms with van der Waals surface area (Å²) in [6.45, 7) is 4.66. The smallest absolute Gasteiger partial charge is 0.243 e. The van der Waals surface area contributed by atoms with Crippen molar-refractivity contribution in [3.8, 4) is 11.1 Å². The summed E-state index contributed by atoms with van der Waals surface area (Å²) in [4.78, 5) is 37.1. The molecule has 0 aliphatic carbocycles. The predicted octanol–water partition coefficient (Wildman–Crippen LogP) is 5.08. The number of amides is 2. The zero-order chi connectivity index (χ0) is 36.1. The van der Waals surface area contributed by atoms with E-state index in [1.165, 1.54) is 0 Å². The van der Waals surface area contributed by atoms with Crippen LogP contribution in [0.2, 0.25) is 0 Å². The SMILES string of the molecule is O=C(CCCCCC(=O)NCc1cccc(-c2cccc([C@@H]3O[C@H](CN4CCN(c5ncccn5)CC4)C[C@H](c4ccc(CO)cc4)O3)c2)c1)NO. The van der Waals surface area contributed by atoms with Gasteiger partial charge in [-0.15, -0.1) is 0 Å². The second-order valence-corrected chi connectivity index (χ2v) is 13.4. The molecule has 2 aliphatic heterocycles. The molecule has 2 amide bonds. The molecule has 6 rings (SSSR count). The average Bonchev–Trinajstić information content (AvgIpc) is 3.20. The number of rotatable bonds is 15. The number of aromatic nitrogens is 2. The lowest BCUT2D eigenvalue weighted by Crippen LogP contribution is -2.50. The molecule has 3 atom stereocenters. The van der Waals surface area contributed by atoms with E-state index in [9.17, 15) is 14.7 Å². The van der Waals surface area contributed by atoms with Gasteiger partial charge in [0.2, 0.25) is 17.8 Å². The lowest BCUT2D eigenvalue weighted by molar-refractivity contribution is -0.253.